The Morgan fingerprint density at radius 1 is 1.33 bits per heavy atom. The number of nitrogen functional groups attached to an aromatic ring is 1. The molecular weight excluding hydrogens is 214 g/mol. The van der Waals surface area contributed by atoms with Gasteiger partial charge in [0.25, 0.3) is 0 Å². The lowest BCUT2D eigenvalue weighted by atomic mass is 10.0. The van der Waals surface area contributed by atoms with Gasteiger partial charge in [-0.3, -0.25) is 4.79 Å². The Hall–Kier alpha value is -1.35. The molecular formula is C11H12ClNO2. The molecule has 0 aliphatic heterocycles. The number of anilines is 1. The molecule has 0 aliphatic rings. The molecule has 1 aromatic rings. The van der Waals surface area contributed by atoms with Gasteiger partial charge in [0.05, 0.1) is 5.02 Å². The Morgan fingerprint density at radius 2 is 2.00 bits per heavy atom. The minimum atomic E-state index is -0.150. The lowest BCUT2D eigenvalue weighted by molar-refractivity contribution is -0.116. The molecule has 0 aromatic heterocycles. The predicted molar refractivity (Wildman–Crippen MR) is 60.1 cm³/mol. The van der Waals surface area contributed by atoms with Gasteiger partial charge in [0.2, 0.25) is 0 Å². The third-order valence-corrected chi connectivity index (χ3v) is 2.32. The van der Waals surface area contributed by atoms with E-state index in [4.69, 9.17) is 17.3 Å². The zero-order chi connectivity index (χ0) is 11.4. The van der Waals surface area contributed by atoms with E-state index >= 15 is 0 Å². The van der Waals surface area contributed by atoms with E-state index in [2.05, 4.69) is 0 Å². The van der Waals surface area contributed by atoms with Gasteiger partial charge >= 0.3 is 0 Å². The molecule has 1 rings (SSSR count). The molecule has 0 unspecified atom stereocenters. The van der Waals surface area contributed by atoms with Crippen LogP contribution < -0.4 is 5.73 Å². The molecule has 1 aromatic carbocycles. The zero-order valence-corrected chi connectivity index (χ0v) is 9.17. The van der Waals surface area contributed by atoms with E-state index in [1.54, 1.807) is 12.1 Å². The average Bonchev–Trinajstić information content (AvgIpc) is 2.18. The van der Waals surface area contributed by atoms with Crippen LogP contribution in [-0.2, 0) is 4.79 Å². The van der Waals surface area contributed by atoms with Gasteiger partial charge in [0.1, 0.15) is 5.78 Å². The maximum absolute atomic E-state index is 11.6. The van der Waals surface area contributed by atoms with Gasteiger partial charge < -0.3 is 10.5 Å². The van der Waals surface area contributed by atoms with Crippen LogP contribution in [-0.4, -0.2) is 11.6 Å². The van der Waals surface area contributed by atoms with Crippen molar-refractivity contribution in [2.45, 2.75) is 19.8 Å². The molecule has 0 atom stereocenters. The van der Waals surface area contributed by atoms with Crippen LogP contribution in [0.4, 0.5) is 5.69 Å². The van der Waals surface area contributed by atoms with Crippen molar-refractivity contribution in [2.75, 3.05) is 5.73 Å². The van der Waals surface area contributed by atoms with E-state index < -0.39 is 0 Å². The third kappa shape index (κ3) is 3.36. The summed E-state index contributed by atoms with van der Waals surface area (Å²) in [4.78, 5) is 22.4. The number of nitrogens with two attached hydrogens (primary N) is 1. The van der Waals surface area contributed by atoms with E-state index in [1.807, 2.05) is 0 Å². The Bertz CT molecular complexity index is 402. The van der Waals surface area contributed by atoms with Crippen molar-refractivity contribution in [3.8, 4) is 0 Å². The minimum absolute atomic E-state index is 0.0108. The van der Waals surface area contributed by atoms with Crippen molar-refractivity contribution in [1.29, 1.82) is 0 Å². The van der Waals surface area contributed by atoms with Crippen LogP contribution in [0.25, 0.3) is 0 Å². The summed E-state index contributed by atoms with van der Waals surface area (Å²) >= 11 is 5.85. The molecule has 0 bridgehead atoms. The van der Waals surface area contributed by atoms with Crippen LogP contribution in [0.2, 0.25) is 5.02 Å². The molecule has 4 heteroatoms. The molecule has 80 valence electrons. The highest BCUT2D eigenvalue weighted by Gasteiger charge is 2.11. The number of carbonyl (C=O) groups is 2. The Kier molecular flexibility index (Phi) is 3.86. The molecule has 0 fully saturated rings. The fraction of sp³-hybridized carbons (Fsp3) is 0.273. The monoisotopic (exact) mass is 225 g/mol. The van der Waals surface area contributed by atoms with Crippen molar-refractivity contribution in [3.05, 3.63) is 28.8 Å². The average molecular weight is 226 g/mol. The van der Waals surface area contributed by atoms with Crippen LogP contribution in [0.3, 0.4) is 0 Å². The first kappa shape index (κ1) is 11.7. The molecule has 3 nitrogen and oxygen atoms in total. The SMILES string of the molecule is CC(=O)CCC(=O)c1cc(N)ccc1Cl. The molecule has 15 heavy (non-hydrogen) atoms. The van der Waals surface area contributed by atoms with E-state index in [9.17, 15) is 9.59 Å². The maximum atomic E-state index is 11.6. The quantitative estimate of drug-likeness (QED) is 0.633. The number of hydrogen-bond acceptors (Lipinski definition) is 3. The highest BCUT2D eigenvalue weighted by molar-refractivity contribution is 6.34. The molecule has 2 N–H and O–H groups in total. The van der Waals surface area contributed by atoms with Crippen LogP contribution in [0.5, 0.6) is 0 Å². The number of rotatable bonds is 4. The second-order valence-electron chi connectivity index (χ2n) is 3.36. The second kappa shape index (κ2) is 4.94. The van der Waals surface area contributed by atoms with E-state index in [0.29, 0.717) is 16.3 Å². The summed E-state index contributed by atoms with van der Waals surface area (Å²) in [7, 11) is 0. The molecule has 0 aliphatic carbocycles. The van der Waals surface area contributed by atoms with Gasteiger partial charge in [-0.2, -0.15) is 0 Å². The summed E-state index contributed by atoms with van der Waals surface area (Å²) in [6.45, 7) is 1.45. The summed E-state index contributed by atoms with van der Waals surface area (Å²) in [5.74, 6) is -0.161. The highest BCUT2D eigenvalue weighted by atomic mass is 35.5. The summed E-state index contributed by atoms with van der Waals surface area (Å²) in [5.41, 5.74) is 6.42. The summed E-state index contributed by atoms with van der Waals surface area (Å²) in [5, 5.41) is 0.373. The molecule has 0 saturated carbocycles. The van der Waals surface area contributed by atoms with E-state index in [-0.39, 0.29) is 24.4 Å². The van der Waals surface area contributed by atoms with Gasteiger partial charge in [-0.25, -0.2) is 0 Å². The number of hydrogen-bond donors (Lipinski definition) is 1. The normalized spacial score (nSPS) is 10.0. The Morgan fingerprint density at radius 3 is 2.60 bits per heavy atom. The van der Waals surface area contributed by atoms with Crippen molar-refractivity contribution < 1.29 is 9.59 Å². The Labute approximate surface area is 93.2 Å². The molecule has 0 amide bonds. The number of benzene rings is 1. The topological polar surface area (TPSA) is 60.2 Å². The smallest absolute Gasteiger partial charge is 0.164 e. The number of ketones is 2. The number of halogens is 1. The van der Waals surface area contributed by atoms with Gasteiger partial charge in [0, 0.05) is 24.1 Å². The van der Waals surface area contributed by atoms with Gasteiger partial charge in [0.15, 0.2) is 5.78 Å². The standard InChI is InChI=1S/C11H12ClNO2/c1-7(14)2-5-11(15)9-6-8(13)3-4-10(9)12/h3-4,6H,2,5,13H2,1H3. The fourth-order valence-electron chi connectivity index (χ4n) is 1.18. The van der Waals surface area contributed by atoms with Crippen LogP contribution >= 0.6 is 11.6 Å². The molecule has 0 heterocycles. The molecule has 0 radical (unpaired) electrons. The maximum Gasteiger partial charge on any atom is 0.164 e. The van der Waals surface area contributed by atoms with Crippen LogP contribution in [0, 0.1) is 0 Å². The largest absolute Gasteiger partial charge is 0.399 e. The number of Topliss-reactive ketones (excluding diaryl/α,β-unsaturated/α-hetero) is 2. The second-order valence-corrected chi connectivity index (χ2v) is 3.77. The van der Waals surface area contributed by atoms with Crippen LogP contribution in [0.15, 0.2) is 18.2 Å². The number of carbonyl (C=O) groups excluding carboxylic acids is 2. The summed E-state index contributed by atoms with van der Waals surface area (Å²) in [6.07, 6.45) is 0.419. The van der Waals surface area contributed by atoms with E-state index in [0.717, 1.165) is 0 Å². The lowest BCUT2D eigenvalue weighted by Crippen LogP contribution is -2.03. The third-order valence-electron chi connectivity index (χ3n) is 1.99. The first-order valence-electron chi connectivity index (χ1n) is 4.58. The Balaban J connectivity index is 2.81. The van der Waals surface area contributed by atoms with Gasteiger partial charge in [-0.1, -0.05) is 11.6 Å². The van der Waals surface area contributed by atoms with Crippen LogP contribution in [0.1, 0.15) is 30.1 Å². The molecule has 0 spiro atoms. The summed E-state index contributed by atoms with van der Waals surface area (Å²) < 4.78 is 0. The first-order valence-corrected chi connectivity index (χ1v) is 4.96. The van der Waals surface area contributed by atoms with Crippen molar-refractivity contribution in [2.24, 2.45) is 0 Å². The van der Waals surface area contributed by atoms with E-state index in [1.165, 1.54) is 13.0 Å². The highest BCUT2D eigenvalue weighted by Crippen LogP contribution is 2.20. The fourth-order valence-corrected chi connectivity index (χ4v) is 1.40. The molecule has 0 saturated heterocycles. The lowest BCUT2D eigenvalue weighted by Gasteiger charge is -2.03. The van der Waals surface area contributed by atoms with Crippen molar-refractivity contribution in [3.63, 3.8) is 0 Å². The van der Waals surface area contributed by atoms with Crippen molar-refractivity contribution >= 4 is 28.9 Å². The van der Waals surface area contributed by atoms with Crippen molar-refractivity contribution in [1.82, 2.24) is 0 Å². The first-order chi connectivity index (χ1) is 7.00. The van der Waals surface area contributed by atoms with Gasteiger partial charge in [-0.05, 0) is 25.1 Å². The van der Waals surface area contributed by atoms with Gasteiger partial charge in [-0.15, -0.1) is 0 Å². The minimum Gasteiger partial charge on any atom is -0.399 e. The zero-order valence-electron chi connectivity index (χ0n) is 8.42. The predicted octanol–water partition coefficient (Wildman–Crippen LogP) is 2.47. The summed E-state index contributed by atoms with van der Waals surface area (Å²) in [6, 6.07) is 4.74.